The Morgan fingerprint density at radius 3 is 2.77 bits per heavy atom. The number of hydrogen-bond donors (Lipinski definition) is 1. The molecule has 3 aliphatic heterocycles. The van der Waals surface area contributed by atoms with Crippen molar-refractivity contribution in [3.63, 3.8) is 0 Å². The maximum atomic E-state index is 12.0. The van der Waals surface area contributed by atoms with Gasteiger partial charge in [0.1, 0.15) is 5.52 Å². The molecular formula is C18H20N6OS. The van der Waals surface area contributed by atoms with Crippen LogP contribution in [-0.2, 0) is 0 Å². The highest BCUT2D eigenvalue weighted by molar-refractivity contribution is 7.98. The summed E-state index contributed by atoms with van der Waals surface area (Å²) in [6.07, 6.45) is 6.15. The van der Waals surface area contributed by atoms with E-state index in [-0.39, 0.29) is 6.04 Å². The van der Waals surface area contributed by atoms with Gasteiger partial charge in [0.2, 0.25) is 0 Å². The molecule has 3 saturated heterocycles. The molecule has 8 heteroatoms. The largest absolute Gasteiger partial charge is 0.364 e. The molecular weight excluding hydrogens is 348 g/mol. The van der Waals surface area contributed by atoms with E-state index >= 15 is 0 Å². The van der Waals surface area contributed by atoms with Crippen molar-refractivity contribution in [2.24, 2.45) is 11.7 Å². The highest BCUT2D eigenvalue weighted by atomic mass is 32.2. The number of nitrogens with zero attached hydrogens (tertiary/aromatic N) is 5. The summed E-state index contributed by atoms with van der Waals surface area (Å²) < 4.78 is 2.03. The van der Waals surface area contributed by atoms with Gasteiger partial charge in [0.25, 0.3) is 5.91 Å². The van der Waals surface area contributed by atoms with Gasteiger partial charge in [0.15, 0.2) is 10.9 Å². The molecule has 2 bridgehead atoms. The number of fused-ring (bicyclic) bond motifs is 6. The number of hydrogen-bond acceptors (Lipinski definition) is 6. The molecule has 3 aliphatic rings. The Morgan fingerprint density at radius 1 is 1.31 bits per heavy atom. The standard InChI is InChI=1S/C18H20N6OS/c1-26-18-20-8-11-2-3-12-15(17(19)25)22-24(16(12)14(11)21-18)13-9-23-6-4-10(13)5-7-23/h2-3,8,10,13H,4-7,9H2,1H3,(H2,19,25). The molecule has 3 aromatic rings. The third kappa shape index (κ3) is 2.32. The molecule has 134 valence electrons. The van der Waals surface area contributed by atoms with Gasteiger partial charge in [0.05, 0.1) is 11.6 Å². The first-order valence-electron chi connectivity index (χ1n) is 8.90. The quantitative estimate of drug-likeness (QED) is 0.562. The molecule has 26 heavy (non-hydrogen) atoms. The fraction of sp³-hybridized carbons (Fsp3) is 0.444. The third-order valence-electron chi connectivity index (χ3n) is 5.75. The minimum Gasteiger partial charge on any atom is -0.364 e. The Balaban J connectivity index is 1.81. The van der Waals surface area contributed by atoms with Crippen molar-refractivity contribution in [3.05, 3.63) is 24.0 Å². The van der Waals surface area contributed by atoms with Crippen molar-refractivity contribution in [1.29, 1.82) is 0 Å². The third-order valence-corrected chi connectivity index (χ3v) is 6.31. The van der Waals surface area contributed by atoms with Gasteiger partial charge < -0.3 is 10.6 Å². The average Bonchev–Trinajstić information content (AvgIpc) is 3.09. The molecule has 0 saturated carbocycles. The molecule has 0 aliphatic carbocycles. The highest BCUT2D eigenvalue weighted by Gasteiger charge is 2.37. The Labute approximate surface area is 154 Å². The molecule has 6 rings (SSSR count). The number of thioether (sulfide) groups is 1. The van der Waals surface area contributed by atoms with Gasteiger partial charge in [-0.15, -0.1) is 0 Å². The molecule has 1 amide bonds. The first-order chi connectivity index (χ1) is 12.7. The van der Waals surface area contributed by atoms with E-state index < -0.39 is 5.91 Å². The lowest BCUT2D eigenvalue weighted by atomic mass is 9.84. The smallest absolute Gasteiger partial charge is 0.269 e. The molecule has 0 spiro atoms. The van der Waals surface area contributed by atoms with Crippen LogP contribution in [0.5, 0.6) is 0 Å². The molecule has 5 heterocycles. The van der Waals surface area contributed by atoms with Crippen LogP contribution in [0.3, 0.4) is 0 Å². The predicted molar refractivity (Wildman–Crippen MR) is 101 cm³/mol. The van der Waals surface area contributed by atoms with Gasteiger partial charge >= 0.3 is 0 Å². The lowest BCUT2D eigenvalue weighted by molar-refractivity contribution is 0.0532. The first-order valence-corrected chi connectivity index (χ1v) is 10.1. The minimum absolute atomic E-state index is 0.256. The van der Waals surface area contributed by atoms with Crippen molar-refractivity contribution < 1.29 is 4.79 Å². The molecule has 1 aromatic carbocycles. The summed E-state index contributed by atoms with van der Waals surface area (Å²) >= 11 is 1.51. The Bertz CT molecular complexity index is 1020. The zero-order chi connectivity index (χ0) is 17.8. The number of primary amides is 1. The second-order valence-electron chi connectivity index (χ2n) is 7.12. The van der Waals surface area contributed by atoms with Gasteiger partial charge in [-0.05, 0) is 44.2 Å². The number of benzene rings is 1. The molecule has 2 aromatic heterocycles. The van der Waals surface area contributed by atoms with Crippen molar-refractivity contribution in [2.45, 2.75) is 24.0 Å². The maximum Gasteiger partial charge on any atom is 0.269 e. The number of carbonyl (C=O) groups is 1. The van der Waals surface area contributed by atoms with E-state index in [1.807, 2.05) is 29.3 Å². The van der Waals surface area contributed by atoms with E-state index in [4.69, 9.17) is 10.7 Å². The Morgan fingerprint density at radius 2 is 2.12 bits per heavy atom. The summed E-state index contributed by atoms with van der Waals surface area (Å²) in [5.74, 6) is 0.0921. The minimum atomic E-state index is -0.492. The monoisotopic (exact) mass is 368 g/mol. The number of aromatic nitrogens is 4. The number of nitrogens with two attached hydrogens (primary N) is 1. The van der Waals surface area contributed by atoms with Gasteiger partial charge in [0, 0.05) is 23.5 Å². The van der Waals surface area contributed by atoms with Crippen LogP contribution in [0, 0.1) is 5.92 Å². The maximum absolute atomic E-state index is 12.0. The van der Waals surface area contributed by atoms with Crippen LogP contribution in [0.25, 0.3) is 21.8 Å². The summed E-state index contributed by atoms with van der Waals surface area (Å²) in [7, 11) is 0. The van der Waals surface area contributed by atoms with E-state index in [2.05, 4.69) is 15.0 Å². The van der Waals surface area contributed by atoms with Crippen LogP contribution < -0.4 is 5.73 Å². The van der Waals surface area contributed by atoms with Crippen molar-refractivity contribution in [1.82, 2.24) is 24.6 Å². The number of carbonyl (C=O) groups excluding carboxylic acids is 1. The van der Waals surface area contributed by atoms with Crippen molar-refractivity contribution >= 4 is 39.5 Å². The first kappa shape index (κ1) is 16.0. The predicted octanol–water partition coefficient (Wildman–Crippen LogP) is 2.07. The second kappa shape index (κ2) is 5.92. The average molecular weight is 368 g/mol. The lowest BCUT2D eigenvalue weighted by Crippen LogP contribution is -2.48. The molecule has 7 nitrogen and oxygen atoms in total. The summed E-state index contributed by atoms with van der Waals surface area (Å²) in [5.41, 5.74) is 7.73. The molecule has 2 N–H and O–H groups in total. The highest BCUT2D eigenvalue weighted by Crippen LogP contribution is 2.38. The normalized spacial score (nSPS) is 25.2. The summed E-state index contributed by atoms with van der Waals surface area (Å²) in [4.78, 5) is 23.6. The van der Waals surface area contributed by atoms with Crippen LogP contribution in [0.1, 0.15) is 29.4 Å². The SMILES string of the molecule is CSc1ncc2ccc3c(C(N)=O)nn(C4CN5CCC4CC5)c3c2n1. The molecule has 3 fully saturated rings. The van der Waals surface area contributed by atoms with Gasteiger partial charge in [-0.1, -0.05) is 17.8 Å². The van der Waals surface area contributed by atoms with Crippen molar-refractivity contribution in [3.8, 4) is 0 Å². The van der Waals surface area contributed by atoms with Gasteiger partial charge in [-0.25, -0.2) is 9.97 Å². The molecule has 1 unspecified atom stereocenters. The van der Waals surface area contributed by atoms with Crippen LogP contribution in [-0.4, -0.2) is 56.4 Å². The number of rotatable bonds is 3. The molecule has 0 radical (unpaired) electrons. The van der Waals surface area contributed by atoms with E-state index in [1.165, 1.54) is 24.6 Å². The van der Waals surface area contributed by atoms with Crippen LogP contribution in [0.15, 0.2) is 23.5 Å². The topological polar surface area (TPSA) is 89.9 Å². The second-order valence-corrected chi connectivity index (χ2v) is 7.89. The summed E-state index contributed by atoms with van der Waals surface area (Å²) in [5, 5.41) is 7.14. The molecule has 1 atom stereocenters. The fourth-order valence-electron chi connectivity index (χ4n) is 4.43. The zero-order valence-electron chi connectivity index (χ0n) is 14.6. The van der Waals surface area contributed by atoms with Crippen LogP contribution in [0.4, 0.5) is 0 Å². The number of piperidine rings is 3. The van der Waals surface area contributed by atoms with E-state index in [0.29, 0.717) is 16.8 Å². The van der Waals surface area contributed by atoms with E-state index in [9.17, 15) is 4.79 Å². The number of amides is 1. The van der Waals surface area contributed by atoms with Crippen LogP contribution in [0.2, 0.25) is 0 Å². The Kier molecular flexibility index (Phi) is 3.65. The van der Waals surface area contributed by atoms with E-state index in [0.717, 1.165) is 41.4 Å². The van der Waals surface area contributed by atoms with Crippen molar-refractivity contribution in [2.75, 3.05) is 25.9 Å². The fourth-order valence-corrected chi connectivity index (χ4v) is 4.77. The lowest BCUT2D eigenvalue weighted by Gasteiger charge is -2.44. The van der Waals surface area contributed by atoms with Gasteiger partial charge in [-0.3, -0.25) is 9.48 Å². The van der Waals surface area contributed by atoms with Crippen LogP contribution >= 0.6 is 11.8 Å². The summed E-state index contributed by atoms with van der Waals surface area (Å²) in [6, 6.07) is 4.12. The zero-order valence-corrected chi connectivity index (χ0v) is 15.4. The van der Waals surface area contributed by atoms with E-state index in [1.54, 1.807) is 0 Å². The summed E-state index contributed by atoms with van der Waals surface area (Å²) in [6.45, 7) is 3.28. The van der Waals surface area contributed by atoms with Gasteiger partial charge in [-0.2, -0.15) is 5.10 Å². The Hall–Kier alpha value is -2.19.